The van der Waals surface area contributed by atoms with Gasteiger partial charge in [-0.2, -0.15) is 0 Å². The van der Waals surface area contributed by atoms with Gasteiger partial charge in [0.1, 0.15) is 5.25 Å². The summed E-state index contributed by atoms with van der Waals surface area (Å²) in [5, 5.41) is 13.6. The fourth-order valence-corrected chi connectivity index (χ4v) is 3.36. The summed E-state index contributed by atoms with van der Waals surface area (Å²) in [6.45, 7) is 3.97. The monoisotopic (exact) mass is 350 g/mol. The first-order chi connectivity index (χ1) is 11.3. The molecule has 8 nitrogen and oxygen atoms in total. The minimum absolute atomic E-state index is 0.0206. The lowest BCUT2D eigenvalue weighted by Gasteiger charge is -2.08. The number of nitro groups is 1. The highest BCUT2D eigenvalue weighted by Crippen LogP contribution is 2.32. The second kappa shape index (κ2) is 7.43. The predicted molar refractivity (Wildman–Crippen MR) is 92.4 cm³/mol. The molecule has 1 saturated heterocycles. The molecule has 1 aliphatic heterocycles. The molecule has 0 spiro atoms. The van der Waals surface area contributed by atoms with E-state index < -0.39 is 10.2 Å². The van der Waals surface area contributed by atoms with Crippen LogP contribution in [0.4, 0.5) is 11.4 Å². The SMILES string of the molecule is CCNC(=O)C[C@H]1SC(=Nc2ccc(C)c([N+](=O)[O-])c2)N(C)C1=O. The quantitative estimate of drug-likeness (QED) is 0.646. The van der Waals surface area contributed by atoms with E-state index in [9.17, 15) is 19.7 Å². The zero-order valence-corrected chi connectivity index (χ0v) is 14.4. The normalized spacial score (nSPS) is 19.0. The van der Waals surface area contributed by atoms with Crippen LogP contribution in [0.1, 0.15) is 18.9 Å². The van der Waals surface area contributed by atoms with E-state index >= 15 is 0 Å². The first kappa shape index (κ1) is 17.9. The number of carbonyl (C=O) groups is 2. The molecule has 0 unspecified atom stereocenters. The van der Waals surface area contributed by atoms with Gasteiger partial charge in [-0.15, -0.1) is 0 Å². The lowest BCUT2D eigenvalue weighted by Crippen LogP contribution is -2.32. The van der Waals surface area contributed by atoms with Gasteiger partial charge in [0.2, 0.25) is 11.8 Å². The highest BCUT2D eigenvalue weighted by Gasteiger charge is 2.36. The van der Waals surface area contributed by atoms with E-state index in [2.05, 4.69) is 10.3 Å². The summed E-state index contributed by atoms with van der Waals surface area (Å²) >= 11 is 1.19. The number of aryl methyl sites for hydroxylation is 1. The molecular weight excluding hydrogens is 332 g/mol. The summed E-state index contributed by atoms with van der Waals surface area (Å²) in [6.07, 6.45) is 0.0781. The maximum atomic E-state index is 12.2. The number of nitrogens with one attached hydrogen (secondary N) is 1. The molecule has 24 heavy (non-hydrogen) atoms. The molecule has 1 aliphatic rings. The van der Waals surface area contributed by atoms with Crippen LogP contribution in [0, 0.1) is 17.0 Å². The second-order valence-corrected chi connectivity index (χ2v) is 6.45. The van der Waals surface area contributed by atoms with Crippen LogP contribution >= 0.6 is 11.8 Å². The molecule has 2 rings (SSSR count). The van der Waals surface area contributed by atoms with Crippen LogP contribution in [0.5, 0.6) is 0 Å². The molecule has 2 amide bonds. The van der Waals surface area contributed by atoms with Gasteiger partial charge in [0.15, 0.2) is 5.17 Å². The Bertz CT molecular complexity index is 719. The number of benzene rings is 1. The van der Waals surface area contributed by atoms with Crippen molar-refractivity contribution in [3.63, 3.8) is 0 Å². The Kier molecular flexibility index (Phi) is 5.55. The minimum atomic E-state index is -0.527. The van der Waals surface area contributed by atoms with E-state index in [0.29, 0.717) is 23.0 Å². The van der Waals surface area contributed by atoms with Crippen molar-refractivity contribution < 1.29 is 14.5 Å². The number of nitrogens with zero attached hydrogens (tertiary/aromatic N) is 3. The smallest absolute Gasteiger partial charge is 0.274 e. The fraction of sp³-hybridized carbons (Fsp3) is 0.400. The zero-order valence-electron chi connectivity index (χ0n) is 13.6. The number of carbonyl (C=O) groups excluding carboxylic acids is 2. The Hall–Kier alpha value is -2.42. The van der Waals surface area contributed by atoms with Crippen molar-refractivity contribution in [3.05, 3.63) is 33.9 Å². The van der Waals surface area contributed by atoms with Gasteiger partial charge in [0.25, 0.3) is 5.69 Å². The van der Waals surface area contributed by atoms with E-state index in [1.54, 1.807) is 26.1 Å². The van der Waals surface area contributed by atoms with Crippen molar-refractivity contribution in [2.75, 3.05) is 13.6 Å². The Morgan fingerprint density at radius 3 is 2.83 bits per heavy atom. The summed E-state index contributed by atoms with van der Waals surface area (Å²) in [6, 6.07) is 4.65. The Morgan fingerprint density at radius 2 is 2.21 bits per heavy atom. The number of amides is 2. The van der Waals surface area contributed by atoms with E-state index in [1.165, 1.54) is 22.7 Å². The molecule has 1 atom stereocenters. The first-order valence-electron chi connectivity index (χ1n) is 7.38. The van der Waals surface area contributed by atoms with E-state index in [1.807, 2.05) is 6.92 Å². The molecule has 1 fully saturated rings. The summed E-state index contributed by atoms with van der Waals surface area (Å²) in [5.74, 6) is -0.393. The molecule has 9 heteroatoms. The van der Waals surface area contributed by atoms with Crippen molar-refractivity contribution >= 4 is 40.1 Å². The Labute approximate surface area is 143 Å². The molecule has 1 aromatic carbocycles. The minimum Gasteiger partial charge on any atom is -0.356 e. The summed E-state index contributed by atoms with van der Waals surface area (Å²) in [4.78, 5) is 40.1. The highest BCUT2D eigenvalue weighted by atomic mass is 32.2. The molecule has 0 aromatic heterocycles. The average molecular weight is 350 g/mol. The van der Waals surface area contributed by atoms with Gasteiger partial charge < -0.3 is 5.32 Å². The van der Waals surface area contributed by atoms with Gasteiger partial charge in [-0.25, -0.2) is 4.99 Å². The van der Waals surface area contributed by atoms with Gasteiger partial charge in [-0.05, 0) is 19.9 Å². The van der Waals surface area contributed by atoms with Gasteiger partial charge in [-0.3, -0.25) is 24.6 Å². The summed E-state index contributed by atoms with van der Waals surface area (Å²) in [7, 11) is 1.58. The number of thioether (sulfide) groups is 1. The van der Waals surface area contributed by atoms with E-state index in [-0.39, 0.29) is 23.9 Å². The van der Waals surface area contributed by atoms with Gasteiger partial charge >= 0.3 is 0 Å². The van der Waals surface area contributed by atoms with Crippen LogP contribution in [0.15, 0.2) is 23.2 Å². The maximum absolute atomic E-state index is 12.2. The third-order valence-corrected chi connectivity index (χ3v) is 4.73. The second-order valence-electron chi connectivity index (χ2n) is 5.28. The van der Waals surface area contributed by atoms with Gasteiger partial charge in [0, 0.05) is 31.6 Å². The largest absolute Gasteiger partial charge is 0.356 e. The van der Waals surface area contributed by atoms with Crippen molar-refractivity contribution in [2.24, 2.45) is 4.99 Å². The molecule has 0 aliphatic carbocycles. The van der Waals surface area contributed by atoms with Crippen LogP contribution in [-0.2, 0) is 9.59 Å². The third kappa shape index (κ3) is 3.91. The predicted octanol–water partition coefficient (Wildman–Crippen LogP) is 1.99. The molecule has 0 bridgehead atoms. The molecule has 0 saturated carbocycles. The van der Waals surface area contributed by atoms with Crippen LogP contribution in [0.3, 0.4) is 0 Å². The lowest BCUT2D eigenvalue weighted by atomic mass is 10.2. The molecule has 1 N–H and O–H groups in total. The van der Waals surface area contributed by atoms with Crippen molar-refractivity contribution in [2.45, 2.75) is 25.5 Å². The standard InChI is InChI=1S/C15H18N4O4S/c1-4-16-13(20)8-12-14(21)18(3)15(24-12)17-10-6-5-9(2)11(7-10)19(22)23/h5-7,12H,4,8H2,1-3H3,(H,16,20)/t12-/m1/s1. The zero-order chi connectivity index (χ0) is 17.9. The molecule has 1 heterocycles. The van der Waals surface area contributed by atoms with Crippen LogP contribution < -0.4 is 5.32 Å². The van der Waals surface area contributed by atoms with Crippen LogP contribution in [0.25, 0.3) is 0 Å². The number of rotatable bonds is 5. The van der Waals surface area contributed by atoms with Gasteiger partial charge in [0.05, 0.1) is 10.6 Å². The fourth-order valence-electron chi connectivity index (χ4n) is 2.21. The van der Waals surface area contributed by atoms with Crippen molar-refractivity contribution in [1.82, 2.24) is 10.2 Å². The number of amidine groups is 1. The third-order valence-electron chi connectivity index (χ3n) is 3.50. The maximum Gasteiger partial charge on any atom is 0.274 e. The summed E-state index contributed by atoms with van der Waals surface area (Å²) < 4.78 is 0. The Morgan fingerprint density at radius 1 is 1.50 bits per heavy atom. The van der Waals surface area contributed by atoms with Gasteiger partial charge in [-0.1, -0.05) is 17.8 Å². The molecule has 1 aromatic rings. The van der Waals surface area contributed by atoms with Crippen molar-refractivity contribution in [3.8, 4) is 0 Å². The van der Waals surface area contributed by atoms with E-state index in [0.717, 1.165) is 0 Å². The number of hydrogen-bond donors (Lipinski definition) is 1. The molecule has 128 valence electrons. The number of aliphatic imine (C=N–C) groups is 1. The van der Waals surface area contributed by atoms with E-state index in [4.69, 9.17) is 0 Å². The highest BCUT2D eigenvalue weighted by molar-refractivity contribution is 8.15. The molecule has 0 radical (unpaired) electrons. The average Bonchev–Trinajstić information content (AvgIpc) is 2.77. The van der Waals surface area contributed by atoms with Crippen LogP contribution in [0.2, 0.25) is 0 Å². The summed E-state index contributed by atoms with van der Waals surface area (Å²) in [5.41, 5.74) is 0.919. The molecular formula is C15H18N4O4S. The Balaban J connectivity index is 2.21. The van der Waals surface area contributed by atoms with Crippen LogP contribution in [-0.4, -0.2) is 45.6 Å². The topological polar surface area (TPSA) is 105 Å². The van der Waals surface area contributed by atoms with Crippen molar-refractivity contribution in [1.29, 1.82) is 0 Å². The first-order valence-corrected chi connectivity index (χ1v) is 8.26. The lowest BCUT2D eigenvalue weighted by molar-refractivity contribution is -0.385. The number of nitro benzene ring substituents is 1. The number of hydrogen-bond acceptors (Lipinski definition) is 6.